The van der Waals surface area contributed by atoms with Crippen molar-refractivity contribution < 1.29 is 9.53 Å². The highest BCUT2D eigenvalue weighted by molar-refractivity contribution is 7.99. The number of carbonyl (C=O) groups is 1. The van der Waals surface area contributed by atoms with E-state index in [1.54, 1.807) is 6.92 Å². The van der Waals surface area contributed by atoms with Gasteiger partial charge in [0, 0.05) is 0 Å². The summed E-state index contributed by atoms with van der Waals surface area (Å²) in [7, 11) is 0. The Morgan fingerprint density at radius 1 is 1.16 bits per heavy atom. The molecule has 0 fully saturated rings. The molecule has 0 N–H and O–H groups in total. The van der Waals surface area contributed by atoms with E-state index >= 15 is 0 Å². The first-order chi connectivity index (χ1) is 15.4. The highest BCUT2D eigenvalue weighted by Gasteiger charge is 2.20. The summed E-state index contributed by atoms with van der Waals surface area (Å²) in [6, 6.07) is 15.3. The number of hydrogen-bond donors (Lipinski definition) is 0. The third kappa shape index (κ3) is 4.28. The molecule has 0 atom stereocenters. The zero-order valence-electron chi connectivity index (χ0n) is 17.8. The average Bonchev–Trinajstić information content (AvgIpc) is 3.09. The highest BCUT2D eigenvalue weighted by Crippen LogP contribution is 2.29. The van der Waals surface area contributed by atoms with Gasteiger partial charge in [0.05, 0.1) is 23.7 Å². The first kappa shape index (κ1) is 22.4. The second kappa shape index (κ2) is 9.40. The van der Waals surface area contributed by atoms with Gasteiger partial charge in [-0.15, -0.1) is 0 Å². The van der Waals surface area contributed by atoms with Crippen molar-refractivity contribution in [2.75, 3.05) is 12.4 Å². The SMILES string of the molecule is CCOC(=O)CSc1nc2c(sc(=S)n2-c2ccc(C)cc2C)c(=O)n1-c1ccccc1. The lowest BCUT2D eigenvalue weighted by Crippen LogP contribution is -2.22. The standard InChI is InChI=1S/C23H21N3O3S3/c1-4-29-18(27)13-31-22-24-20-19(21(28)25(22)16-8-6-5-7-9-16)32-23(30)26(20)17-11-10-14(2)12-15(17)3/h5-12H,4,13H2,1-3H3. The van der Waals surface area contributed by atoms with E-state index in [4.69, 9.17) is 21.9 Å². The fourth-order valence-electron chi connectivity index (χ4n) is 3.43. The van der Waals surface area contributed by atoms with Gasteiger partial charge in [0.15, 0.2) is 14.8 Å². The number of benzene rings is 2. The summed E-state index contributed by atoms with van der Waals surface area (Å²) >= 11 is 8.06. The maximum Gasteiger partial charge on any atom is 0.316 e. The Hall–Kier alpha value is -2.75. The van der Waals surface area contributed by atoms with Gasteiger partial charge in [0.1, 0.15) is 4.70 Å². The molecule has 2 aromatic heterocycles. The lowest BCUT2D eigenvalue weighted by atomic mass is 10.1. The number of aryl methyl sites for hydroxylation is 2. The van der Waals surface area contributed by atoms with Gasteiger partial charge in [-0.25, -0.2) is 4.98 Å². The molecular weight excluding hydrogens is 462 g/mol. The Morgan fingerprint density at radius 2 is 1.91 bits per heavy atom. The fourth-order valence-corrected chi connectivity index (χ4v) is 5.52. The van der Waals surface area contributed by atoms with Crippen molar-refractivity contribution >= 4 is 51.6 Å². The van der Waals surface area contributed by atoms with Crippen LogP contribution in [-0.2, 0) is 9.53 Å². The molecule has 0 amide bonds. The summed E-state index contributed by atoms with van der Waals surface area (Å²) in [5.74, 6) is -0.310. The second-order valence-electron chi connectivity index (χ2n) is 7.11. The van der Waals surface area contributed by atoms with Gasteiger partial charge in [-0.05, 0) is 56.8 Å². The molecule has 2 aromatic carbocycles. The highest BCUT2D eigenvalue weighted by atomic mass is 32.2. The lowest BCUT2D eigenvalue weighted by molar-refractivity contribution is -0.139. The van der Waals surface area contributed by atoms with Crippen LogP contribution in [0.4, 0.5) is 0 Å². The number of ether oxygens (including phenoxy) is 1. The van der Waals surface area contributed by atoms with E-state index in [1.807, 2.05) is 60.9 Å². The monoisotopic (exact) mass is 483 g/mol. The van der Waals surface area contributed by atoms with Crippen molar-refractivity contribution in [2.24, 2.45) is 0 Å². The van der Waals surface area contributed by atoms with E-state index in [-0.39, 0.29) is 17.3 Å². The summed E-state index contributed by atoms with van der Waals surface area (Å²) in [5.41, 5.74) is 4.02. The predicted molar refractivity (Wildman–Crippen MR) is 132 cm³/mol. The molecule has 0 radical (unpaired) electrons. The number of nitrogens with zero attached hydrogens (tertiary/aromatic N) is 3. The summed E-state index contributed by atoms with van der Waals surface area (Å²) in [6.07, 6.45) is 0. The minimum absolute atomic E-state index is 0.0487. The molecule has 0 unspecified atom stereocenters. The molecule has 0 aliphatic heterocycles. The number of thioether (sulfide) groups is 1. The Balaban J connectivity index is 1.97. The van der Waals surface area contributed by atoms with Crippen LogP contribution in [0.25, 0.3) is 21.7 Å². The molecule has 0 bridgehead atoms. The zero-order chi connectivity index (χ0) is 22.8. The van der Waals surface area contributed by atoms with Gasteiger partial charge in [-0.1, -0.05) is 59.0 Å². The average molecular weight is 484 g/mol. The van der Waals surface area contributed by atoms with E-state index in [1.165, 1.54) is 27.7 Å². The molecule has 4 aromatic rings. The van der Waals surface area contributed by atoms with Gasteiger partial charge < -0.3 is 4.74 Å². The molecule has 2 heterocycles. The predicted octanol–water partition coefficient (Wildman–Crippen LogP) is 5.24. The summed E-state index contributed by atoms with van der Waals surface area (Å²) < 4.78 is 9.45. The molecular formula is C23H21N3O3S3. The number of aromatic nitrogens is 3. The van der Waals surface area contributed by atoms with E-state index in [0.717, 1.165) is 16.8 Å². The summed E-state index contributed by atoms with van der Waals surface area (Å²) in [4.78, 5) is 30.4. The molecule has 0 spiro atoms. The number of hydrogen-bond acceptors (Lipinski definition) is 7. The van der Waals surface area contributed by atoms with E-state index in [0.29, 0.717) is 31.8 Å². The van der Waals surface area contributed by atoms with Crippen LogP contribution in [0, 0.1) is 17.8 Å². The van der Waals surface area contributed by atoms with Crippen LogP contribution in [-0.4, -0.2) is 32.4 Å². The molecule has 0 saturated carbocycles. The van der Waals surface area contributed by atoms with Crippen molar-refractivity contribution in [3.63, 3.8) is 0 Å². The number of fused-ring (bicyclic) bond motifs is 1. The molecule has 0 aliphatic rings. The first-order valence-electron chi connectivity index (χ1n) is 10.0. The topological polar surface area (TPSA) is 66.1 Å². The van der Waals surface area contributed by atoms with Crippen LogP contribution >= 0.6 is 35.3 Å². The van der Waals surface area contributed by atoms with Gasteiger partial charge >= 0.3 is 5.97 Å². The number of esters is 1. The van der Waals surface area contributed by atoms with Gasteiger partial charge in [-0.3, -0.25) is 18.7 Å². The molecule has 32 heavy (non-hydrogen) atoms. The van der Waals surface area contributed by atoms with Crippen molar-refractivity contribution in [2.45, 2.75) is 25.9 Å². The lowest BCUT2D eigenvalue weighted by Gasteiger charge is -2.13. The van der Waals surface area contributed by atoms with Gasteiger partial charge in [-0.2, -0.15) is 0 Å². The fraction of sp³-hybridized carbons (Fsp3) is 0.217. The van der Waals surface area contributed by atoms with Crippen LogP contribution in [0.2, 0.25) is 0 Å². The summed E-state index contributed by atoms with van der Waals surface area (Å²) in [5, 5.41) is 0.410. The Labute approximate surface area is 198 Å². The van der Waals surface area contributed by atoms with Crippen LogP contribution in [0.3, 0.4) is 0 Å². The third-order valence-electron chi connectivity index (χ3n) is 4.81. The molecule has 9 heteroatoms. The Kier molecular flexibility index (Phi) is 6.59. The first-order valence-corrected chi connectivity index (χ1v) is 12.2. The number of thiazole rings is 1. The van der Waals surface area contributed by atoms with Crippen LogP contribution in [0.1, 0.15) is 18.1 Å². The Bertz CT molecular complexity index is 1420. The quantitative estimate of drug-likeness (QED) is 0.162. The Morgan fingerprint density at radius 3 is 2.59 bits per heavy atom. The van der Waals surface area contributed by atoms with E-state index in [2.05, 4.69) is 6.07 Å². The van der Waals surface area contributed by atoms with Crippen LogP contribution in [0.15, 0.2) is 58.5 Å². The van der Waals surface area contributed by atoms with Crippen molar-refractivity contribution in [3.05, 3.63) is 74.0 Å². The van der Waals surface area contributed by atoms with E-state index in [9.17, 15) is 9.59 Å². The summed E-state index contributed by atoms with van der Waals surface area (Å²) in [6.45, 7) is 6.10. The second-order valence-corrected chi connectivity index (χ2v) is 9.70. The van der Waals surface area contributed by atoms with Gasteiger partial charge in [0.25, 0.3) is 5.56 Å². The largest absolute Gasteiger partial charge is 0.465 e. The van der Waals surface area contributed by atoms with Crippen LogP contribution in [0.5, 0.6) is 0 Å². The third-order valence-corrected chi connectivity index (χ3v) is 7.07. The number of para-hydroxylation sites is 1. The zero-order valence-corrected chi connectivity index (χ0v) is 20.3. The molecule has 164 valence electrons. The van der Waals surface area contributed by atoms with Crippen molar-refractivity contribution in [1.29, 1.82) is 0 Å². The van der Waals surface area contributed by atoms with Crippen molar-refractivity contribution in [3.8, 4) is 11.4 Å². The maximum absolute atomic E-state index is 13.6. The van der Waals surface area contributed by atoms with Crippen LogP contribution < -0.4 is 5.56 Å². The molecule has 0 saturated heterocycles. The maximum atomic E-state index is 13.6. The van der Waals surface area contributed by atoms with Crippen molar-refractivity contribution in [1.82, 2.24) is 14.1 Å². The van der Waals surface area contributed by atoms with E-state index < -0.39 is 0 Å². The smallest absolute Gasteiger partial charge is 0.316 e. The van der Waals surface area contributed by atoms with Gasteiger partial charge in [0.2, 0.25) is 0 Å². The minimum Gasteiger partial charge on any atom is -0.465 e. The molecule has 0 aliphatic carbocycles. The number of rotatable bonds is 6. The number of carbonyl (C=O) groups excluding carboxylic acids is 1. The molecule has 4 rings (SSSR count). The molecule has 6 nitrogen and oxygen atoms in total. The normalized spacial score (nSPS) is 11.1. The minimum atomic E-state index is -0.358.